The highest BCUT2D eigenvalue weighted by Crippen LogP contribution is 2.53. The first-order valence-electron chi connectivity index (χ1n) is 22.3. The first-order valence-corrected chi connectivity index (χ1v) is 22.3. The van der Waals surface area contributed by atoms with E-state index in [1.165, 1.54) is 99.1 Å². The Morgan fingerprint density at radius 3 is 1.69 bits per heavy atom. The minimum atomic E-state index is -0.161. The monoisotopic (exact) mass is 815 g/mol. The zero-order valence-corrected chi connectivity index (χ0v) is 36.0. The Balaban J connectivity index is 1.12. The smallest absolute Gasteiger partial charge is 0.0546 e. The van der Waals surface area contributed by atoms with Crippen molar-refractivity contribution in [3.8, 4) is 55.6 Å². The Morgan fingerprint density at radius 2 is 0.875 bits per heavy atom. The van der Waals surface area contributed by atoms with Crippen molar-refractivity contribution in [2.45, 2.75) is 19.3 Å². The third kappa shape index (κ3) is 6.23. The molecule has 0 amide bonds. The number of fused-ring (bicyclic) bond motifs is 7. The number of nitrogens with zero attached hydrogens (tertiary/aromatic N) is 1. The molecule has 0 saturated heterocycles. The lowest BCUT2D eigenvalue weighted by Crippen LogP contribution is -2.17. The third-order valence-electron chi connectivity index (χ3n) is 13.6. The summed E-state index contributed by atoms with van der Waals surface area (Å²) < 4.78 is 0. The topological polar surface area (TPSA) is 3.24 Å². The van der Waals surface area contributed by atoms with Gasteiger partial charge in [-0.25, -0.2) is 0 Å². The van der Waals surface area contributed by atoms with E-state index in [1.54, 1.807) is 0 Å². The van der Waals surface area contributed by atoms with E-state index >= 15 is 0 Å². The fraction of sp³-hybridized carbons (Fsp3) is 0.0476. The summed E-state index contributed by atoms with van der Waals surface area (Å²) in [6, 6.07) is 87.5. The number of anilines is 3. The van der Waals surface area contributed by atoms with Gasteiger partial charge in [-0.1, -0.05) is 202 Å². The van der Waals surface area contributed by atoms with Gasteiger partial charge in [-0.05, 0) is 142 Å². The lowest BCUT2D eigenvalue weighted by Gasteiger charge is -2.31. The predicted molar refractivity (Wildman–Crippen MR) is 273 cm³/mol. The highest BCUT2D eigenvalue weighted by atomic mass is 15.1. The number of rotatable bonds is 7. The summed E-state index contributed by atoms with van der Waals surface area (Å²) in [7, 11) is 0. The normalized spacial score (nSPS) is 12.7. The van der Waals surface area contributed by atoms with Crippen LogP contribution < -0.4 is 4.90 Å². The maximum atomic E-state index is 2.51. The molecule has 0 aromatic heterocycles. The Morgan fingerprint density at radius 1 is 0.297 bits per heavy atom. The highest BCUT2D eigenvalue weighted by molar-refractivity contribution is 6.17. The summed E-state index contributed by atoms with van der Waals surface area (Å²) in [4.78, 5) is 2.51. The molecule has 12 rings (SSSR count). The number of hydrogen-bond acceptors (Lipinski definition) is 1. The van der Waals surface area contributed by atoms with Crippen LogP contribution in [0.3, 0.4) is 0 Å². The largest absolute Gasteiger partial charge is 0.310 e. The van der Waals surface area contributed by atoms with Gasteiger partial charge in [0.05, 0.1) is 5.69 Å². The molecule has 11 aromatic rings. The molecule has 302 valence electrons. The molecule has 1 heteroatoms. The van der Waals surface area contributed by atoms with Crippen molar-refractivity contribution >= 4 is 49.4 Å². The van der Waals surface area contributed by atoms with Crippen LogP contribution in [0.15, 0.2) is 237 Å². The van der Waals surface area contributed by atoms with E-state index < -0.39 is 0 Å². The summed E-state index contributed by atoms with van der Waals surface area (Å²) in [5.41, 5.74) is 18.1. The van der Waals surface area contributed by atoms with Gasteiger partial charge >= 0.3 is 0 Å². The molecule has 0 heterocycles. The Bertz CT molecular complexity index is 3580. The molecule has 1 aliphatic rings. The second-order valence-corrected chi connectivity index (χ2v) is 17.7. The van der Waals surface area contributed by atoms with Gasteiger partial charge in [-0.3, -0.25) is 0 Å². The second kappa shape index (κ2) is 15.1. The van der Waals surface area contributed by atoms with Crippen LogP contribution in [0, 0.1) is 0 Å². The van der Waals surface area contributed by atoms with E-state index in [1.807, 2.05) is 0 Å². The van der Waals surface area contributed by atoms with Crippen LogP contribution in [0.25, 0.3) is 88.0 Å². The van der Waals surface area contributed by atoms with E-state index in [0.29, 0.717) is 0 Å². The second-order valence-electron chi connectivity index (χ2n) is 17.7. The SMILES string of the molecule is CC1(C)c2ccccc2-c2ccc(N(c3ccc(-c4cccc(-c5ccccc5)c4)cc3)c3cccc(-c4ccc5ccccc5c4)c3-c3cc4ccccc4c4ccccc34)cc21. The molecule has 0 saturated carbocycles. The molecule has 0 radical (unpaired) electrons. The lowest BCUT2D eigenvalue weighted by molar-refractivity contribution is 0.660. The quantitative estimate of drug-likeness (QED) is 0.145. The van der Waals surface area contributed by atoms with Crippen LogP contribution in [0.2, 0.25) is 0 Å². The zero-order chi connectivity index (χ0) is 42.8. The molecule has 0 N–H and O–H groups in total. The van der Waals surface area contributed by atoms with E-state index in [9.17, 15) is 0 Å². The van der Waals surface area contributed by atoms with Crippen molar-refractivity contribution in [3.05, 3.63) is 248 Å². The maximum Gasteiger partial charge on any atom is 0.0546 e. The van der Waals surface area contributed by atoms with E-state index in [-0.39, 0.29) is 5.41 Å². The van der Waals surface area contributed by atoms with Crippen LogP contribution in [0.4, 0.5) is 17.1 Å². The summed E-state index contributed by atoms with van der Waals surface area (Å²) in [6.45, 7) is 4.74. The number of hydrogen-bond donors (Lipinski definition) is 0. The van der Waals surface area contributed by atoms with Crippen molar-refractivity contribution < 1.29 is 0 Å². The van der Waals surface area contributed by atoms with Gasteiger partial charge < -0.3 is 4.90 Å². The molecular weight excluding hydrogens is 771 g/mol. The van der Waals surface area contributed by atoms with Crippen molar-refractivity contribution in [3.63, 3.8) is 0 Å². The average Bonchev–Trinajstić information content (AvgIpc) is 3.59. The molecule has 64 heavy (non-hydrogen) atoms. The molecule has 0 spiro atoms. The van der Waals surface area contributed by atoms with Crippen LogP contribution in [-0.4, -0.2) is 0 Å². The van der Waals surface area contributed by atoms with Crippen LogP contribution >= 0.6 is 0 Å². The summed E-state index contributed by atoms with van der Waals surface area (Å²) in [5, 5.41) is 7.43. The first-order chi connectivity index (χ1) is 31.5. The van der Waals surface area contributed by atoms with Gasteiger partial charge in [0.15, 0.2) is 0 Å². The summed E-state index contributed by atoms with van der Waals surface area (Å²) in [5.74, 6) is 0. The van der Waals surface area contributed by atoms with Crippen molar-refractivity contribution in [1.29, 1.82) is 0 Å². The molecule has 0 bridgehead atoms. The van der Waals surface area contributed by atoms with Gasteiger partial charge in [0.2, 0.25) is 0 Å². The Kier molecular flexibility index (Phi) is 8.91. The van der Waals surface area contributed by atoms with E-state index in [4.69, 9.17) is 0 Å². The third-order valence-corrected chi connectivity index (χ3v) is 13.6. The lowest BCUT2D eigenvalue weighted by atomic mass is 9.82. The molecule has 0 unspecified atom stereocenters. The molecule has 0 atom stereocenters. The maximum absolute atomic E-state index is 2.51. The fourth-order valence-corrected chi connectivity index (χ4v) is 10.4. The molecule has 11 aromatic carbocycles. The zero-order valence-electron chi connectivity index (χ0n) is 36.0. The average molecular weight is 816 g/mol. The van der Waals surface area contributed by atoms with Crippen LogP contribution in [0.5, 0.6) is 0 Å². The van der Waals surface area contributed by atoms with Crippen molar-refractivity contribution in [2.75, 3.05) is 4.90 Å². The van der Waals surface area contributed by atoms with Crippen LogP contribution in [0.1, 0.15) is 25.0 Å². The standard InChI is InChI=1S/C63H45N/c1-63(2)59-28-13-12-26-56(59)57-37-36-51(41-60(57)63)64(50-34-32-44(33-35-50)47-22-14-21-46(38-47)42-16-4-3-5-17-42)61-29-15-27-53(49-31-30-43-18-6-7-19-45(43)39-49)62(61)58-40-48-20-8-9-23-52(48)54-24-10-11-25-55(54)58/h3-41H,1-2H3. The molecule has 0 aliphatic heterocycles. The fourth-order valence-electron chi connectivity index (χ4n) is 10.4. The van der Waals surface area contributed by atoms with Gasteiger partial charge in [-0.2, -0.15) is 0 Å². The predicted octanol–water partition coefficient (Wildman–Crippen LogP) is 17.6. The molecule has 1 aliphatic carbocycles. The molecule has 0 fully saturated rings. The number of benzene rings is 11. The summed E-state index contributed by atoms with van der Waals surface area (Å²) in [6.07, 6.45) is 0. The summed E-state index contributed by atoms with van der Waals surface area (Å²) >= 11 is 0. The first kappa shape index (κ1) is 37.7. The van der Waals surface area contributed by atoms with Gasteiger partial charge in [0, 0.05) is 22.4 Å². The Labute approximate surface area is 375 Å². The van der Waals surface area contributed by atoms with E-state index in [2.05, 4.69) is 255 Å². The minimum Gasteiger partial charge on any atom is -0.310 e. The highest BCUT2D eigenvalue weighted by Gasteiger charge is 2.36. The van der Waals surface area contributed by atoms with Crippen LogP contribution in [-0.2, 0) is 5.41 Å². The molecule has 1 nitrogen and oxygen atoms in total. The van der Waals surface area contributed by atoms with Crippen molar-refractivity contribution in [1.82, 2.24) is 0 Å². The Hall–Kier alpha value is -8.00. The molecular formula is C63H45N. The van der Waals surface area contributed by atoms with Crippen molar-refractivity contribution in [2.24, 2.45) is 0 Å². The van der Waals surface area contributed by atoms with E-state index in [0.717, 1.165) is 17.1 Å². The van der Waals surface area contributed by atoms with Gasteiger partial charge in [-0.15, -0.1) is 0 Å². The minimum absolute atomic E-state index is 0.161. The van der Waals surface area contributed by atoms with Gasteiger partial charge in [0.1, 0.15) is 0 Å². The van der Waals surface area contributed by atoms with Gasteiger partial charge in [0.25, 0.3) is 0 Å².